The van der Waals surface area contributed by atoms with Crippen LogP contribution in [0.25, 0.3) is 0 Å². The fourth-order valence-electron chi connectivity index (χ4n) is 2.25. The first kappa shape index (κ1) is 12.0. The van der Waals surface area contributed by atoms with Gasteiger partial charge >= 0.3 is 0 Å². The second-order valence-electron chi connectivity index (χ2n) is 4.50. The maximum atomic E-state index is 9.12. The van der Waals surface area contributed by atoms with E-state index in [0.717, 1.165) is 18.9 Å². The van der Waals surface area contributed by atoms with E-state index in [-0.39, 0.29) is 6.10 Å². The Kier molecular flexibility index (Phi) is 5.49. The van der Waals surface area contributed by atoms with E-state index in [2.05, 4.69) is 6.92 Å². The molecule has 0 aromatic heterocycles. The highest BCUT2D eigenvalue weighted by atomic mass is 16.5. The van der Waals surface area contributed by atoms with Crippen molar-refractivity contribution in [3.05, 3.63) is 0 Å². The fourth-order valence-corrected chi connectivity index (χ4v) is 2.25. The van der Waals surface area contributed by atoms with Crippen LogP contribution in [-0.4, -0.2) is 23.9 Å². The van der Waals surface area contributed by atoms with Crippen molar-refractivity contribution in [2.75, 3.05) is 6.61 Å². The SMILES string of the molecule is CCC1CCCCC1OCCC(C)O. The predicted octanol–water partition coefficient (Wildman–Crippen LogP) is 2.74. The van der Waals surface area contributed by atoms with E-state index in [9.17, 15) is 0 Å². The van der Waals surface area contributed by atoms with Gasteiger partial charge in [0.25, 0.3) is 0 Å². The van der Waals surface area contributed by atoms with E-state index in [0.29, 0.717) is 6.10 Å². The van der Waals surface area contributed by atoms with Crippen LogP contribution in [0.5, 0.6) is 0 Å². The van der Waals surface area contributed by atoms with Gasteiger partial charge in [-0.25, -0.2) is 0 Å². The molecule has 84 valence electrons. The van der Waals surface area contributed by atoms with E-state index >= 15 is 0 Å². The lowest BCUT2D eigenvalue weighted by atomic mass is 9.85. The minimum Gasteiger partial charge on any atom is -0.393 e. The lowest BCUT2D eigenvalue weighted by Crippen LogP contribution is -2.28. The number of ether oxygens (including phenoxy) is 1. The van der Waals surface area contributed by atoms with Crippen molar-refractivity contribution < 1.29 is 9.84 Å². The summed E-state index contributed by atoms with van der Waals surface area (Å²) in [6.07, 6.45) is 7.48. The molecule has 0 radical (unpaired) electrons. The van der Waals surface area contributed by atoms with Crippen molar-refractivity contribution in [2.45, 2.75) is 64.6 Å². The zero-order valence-electron chi connectivity index (χ0n) is 9.54. The molecule has 0 aliphatic heterocycles. The summed E-state index contributed by atoms with van der Waals surface area (Å²) in [4.78, 5) is 0. The number of hydrogen-bond acceptors (Lipinski definition) is 2. The van der Waals surface area contributed by atoms with Crippen LogP contribution in [-0.2, 0) is 4.74 Å². The molecular formula is C12H24O2. The van der Waals surface area contributed by atoms with Crippen LogP contribution in [0.4, 0.5) is 0 Å². The van der Waals surface area contributed by atoms with Gasteiger partial charge < -0.3 is 9.84 Å². The second-order valence-corrected chi connectivity index (χ2v) is 4.50. The third kappa shape index (κ3) is 3.97. The van der Waals surface area contributed by atoms with Gasteiger partial charge in [0.05, 0.1) is 12.2 Å². The van der Waals surface area contributed by atoms with Crippen LogP contribution >= 0.6 is 0 Å². The highest BCUT2D eigenvalue weighted by molar-refractivity contribution is 4.74. The molecule has 2 nitrogen and oxygen atoms in total. The molecule has 0 aromatic rings. The van der Waals surface area contributed by atoms with Crippen LogP contribution in [0.15, 0.2) is 0 Å². The van der Waals surface area contributed by atoms with Gasteiger partial charge in [0, 0.05) is 6.61 Å². The van der Waals surface area contributed by atoms with Crippen LogP contribution in [0.3, 0.4) is 0 Å². The van der Waals surface area contributed by atoms with Gasteiger partial charge in [0.2, 0.25) is 0 Å². The smallest absolute Gasteiger partial charge is 0.0603 e. The largest absolute Gasteiger partial charge is 0.393 e. The predicted molar refractivity (Wildman–Crippen MR) is 58.3 cm³/mol. The number of rotatable bonds is 5. The molecule has 3 atom stereocenters. The summed E-state index contributed by atoms with van der Waals surface area (Å²) < 4.78 is 5.84. The number of aliphatic hydroxyl groups excluding tert-OH is 1. The number of aliphatic hydroxyl groups is 1. The Morgan fingerprint density at radius 3 is 2.71 bits per heavy atom. The summed E-state index contributed by atoms with van der Waals surface area (Å²) in [6, 6.07) is 0. The average molecular weight is 200 g/mol. The summed E-state index contributed by atoms with van der Waals surface area (Å²) in [5.41, 5.74) is 0. The van der Waals surface area contributed by atoms with Crippen LogP contribution in [0.1, 0.15) is 52.4 Å². The quantitative estimate of drug-likeness (QED) is 0.739. The van der Waals surface area contributed by atoms with E-state index < -0.39 is 0 Å². The van der Waals surface area contributed by atoms with Crippen LogP contribution < -0.4 is 0 Å². The molecule has 0 heterocycles. The normalized spacial score (nSPS) is 30.2. The third-order valence-electron chi connectivity index (χ3n) is 3.23. The monoisotopic (exact) mass is 200 g/mol. The summed E-state index contributed by atoms with van der Waals surface area (Å²) in [5.74, 6) is 0.762. The molecule has 1 aliphatic carbocycles. The van der Waals surface area contributed by atoms with Crippen molar-refractivity contribution >= 4 is 0 Å². The molecule has 0 amide bonds. The van der Waals surface area contributed by atoms with Gasteiger partial charge in [-0.15, -0.1) is 0 Å². The molecule has 14 heavy (non-hydrogen) atoms. The zero-order valence-corrected chi connectivity index (χ0v) is 9.54. The Morgan fingerprint density at radius 2 is 2.07 bits per heavy atom. The Bertz CT molecular complexity index is 145. The second kappa shape index (κ2) is 6.41. The molecule has 1 rings (SSSR count). The molecule has 0 aromatic carbocycles. The van der Waals surface area contributed by atoms with E-state index in [4.69, 9.17) is 9.84 Å². The third-order valence-corrected chi connectivity index (χ3v) is 3.23. The first-order valence-electron chi connectivity index (χ1n) is 6.03. The lowest BCUT2D eigenvalue weighted by Gasteiger charge is -2.30. The molecule has 1 aliphatic rings. The summed E-state index contributed by atoms with van der Waals surface area (Å²) in [6.45, 7) is 4.79. The zero-order chi connectivity index (χ0) is 10.4. The minimum absolute atomic E-state index is 0.223. The molecule has 1 N–H and O–H groups in total. The van der Waals surface area contributed by atoms with Gasteiger partial charge in [-0.05, 0) is 32.1 Å². The van der Waals surface area contributed by atoms with Crippen molar-refractivity contribution in [1.29, 1.82) is 0 Å². The molecule has 1 fully saturated rings. The molecule has 2 heteroatoms. The van der Waals surface area contributed by atoms with Crippen molar-refractivity contribution in [3.8, 4) is 0 Å². The molecule has 0 bridgehead atoms. The van der Waals surface area contributed by atoms with Crippen LogP contribution in [0, 0.1) is 5.92 Å². The number of hydrogen-bond donors (Lipinski definition) is 1. The minimum atomic E-state index is -0.223. The molecule has 0 saturated heterocycles. The maximum absolute atomic E-state index is 9.12. The molecule has 3 unspecified atom stereocenters. The highest BCUT2D eigenvalue weighted by Gasteiger charge is 2.23. The summed E-state index contributed by atoms with van der Waals surface area (Å²) in [7, 11) is 0. The Hall–Kier alpha value is -0.0800. The van der Waals surface area contributed by atoms with Gasteiger partial charge in [-0.1, -0.05) is 26.2 Å². The van der Waals surface area contributed by atoms with Crippen LogP contribution in [0.2, 0.25) is 0 Å². The standard InChI is InChI=1S/C12H24O2/c1-3-11-6-4-5-7-12(11)14-9-8-10(2)13/h10-13H,3-9H2,1-2H3. The molecular weight excluding hydrogens is 176 g/mol. The Balaban J connectivity index is 2.19. The van der Waals surface area contributed by atoms with Gasteiger partial charge in [0.15, 0.2) is 0 Å². The Labute approximate surface area is 87.7 Å². The van der Waals surface area contributed by atoms with Crippen molar-refractivity contribution in [3.63, 3.8) is 0 Å². The Morgan fingerprint density at radius 1 is 1.36 bits per heavy atom. The van der Waals surface area contributed by atoms with E-state index in [1.54, 1.807) is 0 Å². The maximum Gasteiger partial charge on any atom is 0.0603 e. The van der Waals surface area contributed by atoms with Gasteiger partial charge in [-0.2, -0.15) is 0 Å². The molecule has 1 saturated carbocycles. The van der Waals surface area contributed by atoms with Crippen molar-refractivity contribution in [1.82, 2.24) is 0 Å². The van der Waals surface area contributed by atoms with Gasteiger partial charge in [0.1, 0.15) is 0 Å². The lowest BCUT2D eigenvalue weighted by molar-refractivity contribution is -0.0229. The first-order valence-corrected chi connectivity index (χ1v) is 6.03. The van der Waals surface area contributed by atoms with Gasteiger partial charge in [-0.3, -0.25) is 0 Å². The highest BCUT2D eigenvalue weighted by Crippen LogP contribution is 2.29. The van der Waals surface area contributed by atoms with E-state index in [1.165, 1.54) is 32.1 Å². The summed E-state index contributed by atoms with van der Waals surface area (Å²) in [5, 5.41) is 9.12. The average Bonchev–Trinajstić information content (AvgIpc) is 2.18. The van der Waals surface area contributed by atoms with E-state index in [1.807, 2.05) is 6.92 Å². The fraction of sp³-hybridized carbons (Fsp3) is 1.00. The topological polar surface area (TPSA) is 29.5 Å². The van der Waals surface area contributed by atoms with Crippen molar-refractivity contribution in [2.24, 2.45) is 5.92 Å². The first-order chi connectivity index (χ1) is 6.74. The molecule has 0 spiro atoms. The summed E-state index contributed by atoms with van der Waals surface area (Å²) >= 11 is 0.